The van der Waals surface area contributed by atoms with Crippen molar-refractivity contribution in [1.29, 1.82) is 0 Å². The van der Waals surface area contributed by atoms with E-state index in [4.69, 9.17) is 10.5 Å². The monoisotopic (exact) mass is 221 g/mol. The molecule has 0 aromatic carbocycles. The Balaban J connectivity index is 2.35. The van der Waals surface area contributed by atoms with Crippen molar-refractivity contribution in [2.45, 2.75) is 18.9 Å². The maximum absolute atomic E-state index is 11.9. The van der Waals surface area contributed by atoms with Crippen LogP contribution < -0.4 is 10.5 Å². The molecular weight excluding hydrogens is 206 g/mol. The van der Waals surface area contributed by atoms with Gasteiger partial charge in [-0.2, -0.15) is 0 Å². The van der Waals surface area contributed by atoms with Crippen molar-refractivity contribution in [1.82, 2.24) is 9.88 Å². The highest BCUT2D eigenvalue weighted by Gasteiger charge is 2.27. The van der Waals surface area contributed by atoms with E-state index < -0.39 is 0 Å². The summed E-state index contributed by atoms with van der Waals surface area (Å²) in [6.07, 6.45) is 5.30. The predicted octanol–water partition coefficient (Wildman–Crippen LogP) is 0.907. The van der Waals surface area contributed by atoms with Crippen LogP contribution in [0.5, 0.6) is 5.75 Å². The van der Waals surface area contributed by atoms with Crippen LogP contribution in [-0.2, 0) is 0 Å². The van der Waals surface area contributed by atoms with Gasteiger partial charge in [-0.1, -0.05) is 0 Å². The fourth-order valence-corrected chi connectivity index (χ4v) is 1.36. The van der Waals surface area contributed by atoms with Crippen molar-refractivity contribution >= 4 is 11.6 Å². The Kier molecular flexibility index (Phi) is 2.68. The third kappa shape index (κ3) is 2.08. The van der Waals surface area contributed by atoms with Gasteiger partial charge in [0.05, 0.1) is 24.2 Å². The lowest BCUT2D eigenvalue weighted by atomic mass is 10.2. The average molecular weight is 221 g/mol. The van der Waals surface area contributed by atoms with Crippen LogP contribution in [0.4, 0.5) is 5.69 Å². The molecule has 1 fully saturated rings. The summed E-state index contributed by atoms with van der Waals surface area (Å²) < 4.78 is 5.62. The van der Waals surface area contributed by atoms with Gasteiger partial charge in [0.1, 0.15) is 5.56 Å². The van der Waals surface area contributed by atoms with Crippen molar-refractivity contribution in [2.75, 3.05) is 19.8 Å². The van der Waals surface area contributed by atoms with E-state index in [9.17, 15) is 4.79 Å². The van der Waals surface area contributed by atoms with Crippen LogP contribution in [0.15, 0.2) is 12.4 Å². The zero-order valence-electron chi connectivity index (χ0n) is 9.43. The zero-order valence-corrected chi connectivity index (χ0v) is 9.43. The van der Waals surface area contributed by atoms with E-state index >= 15 is 0 Å². The van der Waals surface area contributed by atoms with Crippen LogP contribution in [0.2, 0.25) is 0 Å². The smallest absolute Gasteiger partial charge is 0.259 e. The number of carbonyl (C=O) groups excluding carboxylic acids is 1. The molecule has 1 aromatic rings. The van der Waals surface area contributed by atoms with Gasteiger partial charge < -0.3 is 15.4 Å². The minimum absolute atomic E-state index is 0.157. The Morgan fingerprint density at radius 2 is 2.19 bits per heavy atom. The summed E-state index contributed by atoms with van der Waals surface area (Å²) in [6.45, 7) is 0. The number of anilines is 1. The standard InChI is InChI=1S/C11H15N3O2/c1-14(2)11(15)10-8(12)5-13-6-9(10)16-7-3-4-7/h5-7H,3-4,12H2,1-2H3. The highest BCUT2D eigenvalue weighted by molar-refractivity contribution is 6.01. The summed E-state index contributed by atoms with van der Waals surface area (Å²) in [7, 11) is 3.37. The average Bonchev–Trinajstić information content (AvgIpc) is 3.01. The minimum Gasteiger partial charge on any atom is -0.488 e. The number of rotatable bonds is 3. The summed E-state index contributed by atoms with van der Waals surface area (Å²) in [5, 5.41) is 0. The van der Waals surface area contributed by atoms with Crippen LogP contribution in [0.3, 0.4) is 0 Å². The molecule has 1 heterocycles. The fraction of sp³-hybridized carbons (Fsp3) is 0.455. The van der Waals surface area contributed by atoms with Gasteiger partial charge in [0.2, 0.25) is 0 Å². The van der Waals surface area contributed by atoms with Gasteiger partial charge in [-0.3, -0.25) is 9.78 Å². The van der Waals surface area contributed by atoms with E-state index in [0.717, 1.165) is 12.8 Å². The fourth-order valence-electron chi connectivity index (χ4n) is 1.36. The van der Waals surface area contributed by atoms with Gasteiger partial charge in [-0.25, -0.2) is 0 Å². The first-order chi connectivity index (χ1) is 7.59. The SMILES string of the molecule is CN(C)C(=O)c1c(N)cncc1OC1CC1. The van der Waals surface area contributed by atoms with Crippen LogP contribution in [0.25, 0.3) is 0 Å². The second-order valence-corrected chi connectivity index (χ2v) is 4.12. The Morgan fingerprint density at radius 1 is 1.50 bits per heavy atom. The molecule has 0 atom stereocenters. The molecule has 5 nitrogen and oxygen atoms in total. The number of nitrogens with two attached hydrogens (primary N) is 1. The normalized spacial score (nSPS) is 14.6. The molecule has 86 valence electrons. The van der Waals surface area contributed by atoms with Crippen LogP contribution in [0, 0.1) is 0 Å². The summed E-state index contributed by atoms with van der Waals surface area (Å²) in [5.41, 5.74) is 6.53. The molecule has 16 heavy (non-hydrogen) atoms. The Hall–Kier alpha value is -1.78. The summed E-state index contributed by atoms with van der Waals surface area (Å²) in [5.74, 6) is 0.330. The number of aromatic nitrogens is 1. The molecule has 0 unspecified atom stereocenters. The van der Waals surface area contributed by atoms with Crippen LogP contribution >= 0.6 is 0 Å². The van der Waals surface area contributed by atoms with Gasteiger partial charge in [-0.05, 0) is 12.8 Å². The number of hydrogen-bond acceptors (Lipinski definition) is 4. The maximum Gasteiger partial charge on any atom is 0.259 e. The molecule has 0 bridgehead atoms. The van der Waals surface area contributed by atoms with Gasteiger partial charge in [0.25, 0.3) is 5.91 Å². The molecule has 0 aliphatic heterocycles. The number of nitrogen functional groups attached to an aromatic ring is 1. The van der Waals surface area contributed by atoms with E-state index in [1.54, 1.807) is 20.3 Å². The van der Waals surface area contributed by atoms with Crippen molar-refractivity contribution in [3.63, 3.8) is 0 Å². The van der Waals surface area contributed by atoms with Crippen molar-refractivity contribution in [3.05, 3.63) is 18.0 Å². The van der Waals surface area contributed by atoms with Gasteiger partial charge in [-0.15, -0.1) is 0 Å². The molecule has 0 saturated heterocycles. The number of hydrogen-bond donors (Lipinski definition) is 1. The third-order valence-electron chi connectivity index (χ3n) is 2.38. The molecule has 5 heteroatoms. The van der Waals surface area contributed by atoms with Gasteiger partial charge >= 0.3 is 0 Å². The lowest BCUT2D eigenvalue weighted by Gasteiger charge is -2.15. The molecule has 1 aliphatic carbocycles. The predicted molar refractivity (Wildman–Crippen MR) is 60.3 cm³/mol. The Labute approximate surface area is 94.2 Å². The number of nitrogens with zero attached hydrogens (tertiary/aromatic N) is 2. The molecule has 1 amide bonds. The molecule has 1 aliphatic rings. The third-order valence-corrected chi connectivity index (χ3v) is 2.38. The molecule has 0 spiro atoms. The Morgan fingerprint density at radius 3 is 2.75 bits per heavy atom. The first-order valence-corrected chi connectivity index (χ1v) is 5.21. The van der Waals surface area contributed by atoms with Crippen molar-refractivity contribution in [3.8, 4) is 5.75 Å². The number of carbonyl (C=O) groups is 1. The first-order valence-electron chi connectivity index (χ1n) is 5.21. The second kappa shape index (κ2) is 4.00. The molecular formula is C11H15N3O2. The topological polar surface area (TPSA) is 68.5 Å². The van der Waals surface area contributed by atoms with Crippen LogP contribution in [-0.4, -0.2) is 36.0 Å². The number of pyridine rings is 1. The summed E-state index contributed by atoms with van der Waals surface area (Å²) in [6, 6.07) is 0. The first kappa shape index (κ1) is 10.7. The maximum atomic E-state index is 11.9. The number of amides is 1. The van der Waals surface area contributed by atoms with Crippen molar-refractivity contribution < 1.29 is 9.53 Å². The molecule has 0 radical (unpaired) electrons. The highest BCUT2D eigenvalue weighted by Crippen LogP contribution is 2.31. The van der Waals surface area contributed by atoms with E-state index in [1.807, 2.05) is 0 Å². The zero-order chi connectivity index (χ0) is 11.7. The van der Waals surface area contributed by atoms with Crippen LogP contribution in [0.1, 0.15) is 23.2 Å². The van der Waals surface area contributed by atoms with E-state index in [2.05, 4.69) is 4.98 Å². The van der Waals surface area contributed by atoms with E-state index in [0.29, 0.717) is 17.0 Å². The van der Waals surface area contributed by atoms with E-state index in [-0.39, 0.29) is 12.0 Å². The van der Waals surface area contributed by atoms with Crippen molar-refractivity contribution in [2.24, 2.45) is 0 Å². The largest absolute Gasteiger partial charge is 0.488 e. The summed E-state index contributed by atoms with van der Waals surface area (Å²) in [4.78, 5) is 17.4. The lowest BCUT2D eigenvalue weighted by molar-refractivity contribution is 0.0824. The minimum atomic E-state index is -0.157. The molecule has 2 rings (SSSR count). The van der Waals surface area contributed by atoms with Gasteiger partial charge in [0.15, 0.2) is 5.75 Å². The molecule has 2 N–H and O–H groups in total. The second-order valence-electron chi connectivity index (χ2n) is 4.12. The molecule has 1 saturated carbocycles. The Bertz CT molecular complexity index is 414. The summed E-state index contributed by atoms with van der Waals surface area (Å²) >= 11 is 0. The highest BCUT2D eigenvalue weighted by atomic mass is 16.5. The lowest BCUT2D eigenvalue weighted by Crippen LogP contribution is -2.24. The number of ether oxygens (including phenoxy) is 1. The quantitative estimate of drug-likeness (QED) is 0.823. The van der Waals surface area contributed by atoms with Gasteiger partial charge in [0, 0.05) is 14.1 Å². The molecule has 1 aromatic heterocycles. The van der Waals surface area contributed by atoms with E-state index in [1.165, 1.54) is 11.1 Å².